The van der Waals surface area contributed by atoms with Crippen molar-refractivity contribution < 1.29 is 9.53 Å². The van der Waals surface area contributed by atoms with Gasteiger partial charge in [-0.2, -0.15) is 0 Å². The molecule has 2 fully saturated rings. The van der Waals surface area contributed by atoms with E-state index in [1.165, 1.54) is 11.3 Å². The predicted octanol–water partition coefficient (Wildman–Crippen LogP) is 1.02. The van der Waals surface area contributed by atoms with E-state index in [0.717, 1.165) is 39.3 Å². The lowest BCUT2D eigenvalue weighted by molar-refractivity contribution is -0.132. The number of nitrogens with zero attached hydrogens (tertiary/aromatic N) is 2. The van der Waals surface area contributed by atoms with Crippen molar-refractivity contribution in [2.24, 2.45) is 0 Å². The molecular formula is C17H25N3O2. The van der Waals surface area contributed by atoms with Crippen LogP contribution in [0.2, 0.25) is 0 Å². The number of ether oxygens (including phenoxy) is 1. The van der Waals surface area contributed by atoms with Crippen LogP contribution in [-0.4, -0.2) is 62.8 Å². The lowest BCUT2D eigenvalue weighted by atomic mass is 10.1. The molecule has 0 spiro atoms. The average molecular weight is 303 g/mol. The summed E-state index contributed by atoms with van der Waals surface area (Å²) in [6, 6.07) is 8.63. The predicted molar refractivity (Wildman–Crippen MR) is 87.2 cm³/mol. The van der Waals surface area contributed by atoms with E-state index < -0.39 is 0 Å². The molecule has 5 nitrogen and oxygen atoms in total. The summed E-state index contributed by atoms with van der Waals surface area (Å²) in [5, 5.41) is 3.35. The van der Waals surface area contributed by atoms with Gasteiger partial charge in [-0.3, -0.25) is 4.79 Å². The van der Waals surface area contributed by atoms with Crippen LogP contribution in [0.1, 0.15) is 12.0 Å². The number of rotatable bonds is 3. The standard InChI is InChI=1S/C17H25N3O2/c1-14-4-2-3-5-16(14)19-7-9-20(10-8-19)17(21)12-15-13-22-11-6-18-15/h2-5,15,18H,6-13H2,1H3. The van der Waals surface area contributed by atoms with Gasteiger partial charge in [0.15, 0.2) is 0 Å². The molecule has 2 aliphatic heterocycles. The maximum atomic E-state index is 12.4. The topological polar surface area (TPSA) is 44.8 Å². The third-order valence-corrected chi connectivity index (χ3v) is 4.51. The number of morpholine rings is 1. The zero-order valence-electron chi connectivity index (χ0n) is 13.3. The fourth-order valence-electron chi connectivity index (χ4n) is 3.21. The first-order chi connectivity index (χ1) is 10.7. The molecule has 3 rings (SSSR count). The molecule has 120 valence electrons. The van der Waals surface area contributed by atoms with Gasteiger partial charge in [0.25, 0.3) is 0 Å². The lowest BCUT2D eigenvalue weighted by Gasteiger charge is -2.37. The SMILES string of the molecule is Cc1ccccc1N1CCN(C(=O)CC2COCCN2)CC1. The molecule has 1 amide bonds. The first kappa shape index (κ1) is 15.3. The second kappa shape index (κ2) is 7.11. The fourth-order valence-corrected chi connectivity index (χ4v) is 3.21. The lowest BCUT2D eigenvalue weighted by Crippen LogP contribution is -2.51. The molecule has 1 aromatic carbocycles. The molecule has 0 bridgehead atoms. The van der Waals surface area contributed by atoms with Crippen LogP contribution >= 0.6 is 0 Å². The third-order valence-electron chi connectivity index (χ3n) is 4.51. The average Bonchev–Trinajstić information content (AvgIpc) is 2.56. The van der Waals surface area contributed by atoms with Crippen LogP contribution in [0.5, 0.6) is 0 Å². The maximum Gasteiger partial charge on any atom is 0.224 e. The Morgan fingerprint density at radius 2 is 2.05 bits per heavy atom. The van der Waals surface area contributed by atoms with Crippen LogP contribution < -0.4 is 10.2 Å². The molecule has 0 saturated carbocycles. The van der Waals surface area contributed by atoms with Crippen molar-refractivity contribution >= 4 is 11.6 Å². The monoisotopic (exact) mass is 303 g/mol. The molecule has 0 aliphatic carbocycles. The number of hydrogen-bond acceptors (Lipinski definition) is 4. The third kappa shape index (κ3) is 3.59. The van der Waals surface area contributed by atoms with Gasteiger partial charge in [0, 0.05) is 50.9 Å². The number of hydrogen-bond donors (Lipinski definition) is 1. The molecule has 0 aromatic heterocycles. The largest absolute Gasteiger partial charge is 0.378 e. The van der Waals surface area contributed by atoms with Crippen molar-refractivity contribution in [3.05, 3.63) is 29.8 Å². The molecular weight excluding hydrogens is 278 g/mol. The molecule has 1 unspecified atom stereocenters. The number of aryl methyl sites for hydroxylation is 1. The van der Waals surface area contributed by atoms with E-state index in [9.17, 15) is 4.79 Å². The smallest absolute Gasteiger partial charge is 0.224 e. The van der Waals surface area contributed by atoms with Crippen molar-refractivity contribution in [2.45, 2.75) is 19.4 Å². The van der Waals surface area contributed by atoms with Crippen molar-refractivity contribution in [1.29, 1.82) is 0 Å². The van der Waals surface area contributed by atoms with Crippen LogP contribution in [0.3, 0.4) is 0 Å². The fraction of sp³-hybridized carbons (Fsp3) is 0.588. The number of amides is 1. The second-order valence-corrected chi connectivity index (χ2v) is 6.08. The Balaban J connectivity index is 1.51. The van der Waals surface area contributed by atoms with E-state index >= 15 is 0 Å². The number of benzene rings is 1. The van der Waals surface area contributed by atoms with E-state index in [-0.39, 0.29) is 11.9 Å². The highest BCUT2D eigenvalue weighted by Crippen LogP contribution is 2.21. The van der Waals surface area contributed by atoms with Crippen LogP contribution in [0.4, 0.5) is 5.69 Å². The zero-order chi connectivity index (χ0) is 15.4. The van der Waals surface area contributed by atoms with Gasteiger partial charge in [0.05, 0.1) is 13.2 Å². The Bertz CT molecular complexity index is 506. The summed E-state index contributed by atoms with van der Waals surface area (Å²) < 4.78 is 5.42. The minimum absolute atomic E-state index is 0.177. The van der Waals surface area contributed by atoms with Crippen molar-refractivity contribution in [3.8, 4) is 0 Å². The van der Waals surface area contributed by atoms with Crippen molar-refractivity contribution in [2.75, 3.05) is 50.8 Å². The number of carbonyl (C=O) groups is 1. The highest BCUT2D eigenvalue weighted by molar-refractivity contribution is 5.77. The Hall–Kier alpha value is -1.59. The normalized spacial score (nSPS) is 22.7. The molecule has 5 heteroatoms. The second-order valence-electron chi connectivity index (χ2n) is 6.08. The summed E-state index contributed by atoms with van der Waals surface area (Å²) in [5.41, 5.74) is 2.59. The zero-order valence-corrected chi connectivity index (χ0v) is 13.3. The highest BCUT2D eigenvalue weighted by atomic mass is 16.5. The Kier molecular flexibility index (Phi) is 4.95. The van der Waals surface area contributed by atoms with Crippen LogP contribution in [0, 0.1) is 6.92 Å². The Morgan fingerprint density at radius 1 is 1.27 bits per heavy atom. The van der Waals surface area contributed by atoms with Gasteiger partial charge in [-0.1, -0.05) is 18.2 Å². The summed E-state index contributed by atoms with van der Waals surface area (Å²) >= 11 is 0. The van der Waals surface area contributed by atoms with Gasteiger partial charge in [-0.05, 0) is 18.6 Å². The number of anilines is 1. The summed E-state index contributed by atoms with van der Waals surface area (Å²) in [7, 11) is 0. The highest BCUT2D eigenvalue weighted by Gasteiger charge is 2.25. The summed E-state index contributed by atoms with van der Waals surface area (Å²) in [6.07, 6.45) is 0.546. The Labute approximate surface area is 132 Å². The molecule has 1 atom stereocenters. The van der Waals surface area contributed by atoms with Gasteiger partial charge < -0.3 is 19.9 Å². The quantitative estimate of drug-likeness (QED) is 0.906. The number of piperazine rings is 1. The number of carbonyl (C=O) groups excluding carboxylic acids is 1. The minimum Gasteiger partial charge on any atom is -0.378 e. The van der Waals surface area contributed by atoms with Gasteiger partial charge in [0.2, 0.25) is 5.91 Å². The molecule has 2 heterocycles. The molecule has 1 N–H and O–H groups in total. The molecule has 0 radical (unpaired) electrons. The Morgan fingerprint density at radius 3 is 2.73 bits per heavy atom. The first-order valence-electron chi connectivity index (χ1n) is 8.13. The summed E-state index contributed by atoms with van der Waals surface area (Å²) in [6.45, 7) is 7.81. The first-order valence-corrected chi connectivity index (χ1v) is 8.13. The van der Waals surface area contributed by atoms with Gasteiger partial charge in [-0.15, -0.1) is 0 Å². The number of nitrogens with one attached hydrogen (secondary N) is 1. The van der Waals surface area contributed by atoms with Gasteiger partial charge in [0.1, 0.15) is 0 Å². The molecule has 2 saturated heterocycles. The van der Waals surface area contributed by atoms with Gasteiger partial charge >= 0.3 is 0 Å². The van der Waals surface area contributed by atoms with E-state index in [1.807, 2.05) is 4.90 Å². The van der Waals surface area contributed by atoms with Crippen LogP contribution in [0.25, 0.3) is 0 Å². The van der Waals surface area contributed by atoms with Gasteiger partial charge in [-0.25, -0.2) is 0 Å². The summed E-state index contributed by atoms with van der Waals surface area (Å²) in [4.78, 5) is 16.8. The van der Waals surface area contributed by atoms with E-state index in [4.69, 9.17) is 4.74 Å². The maximum absolute atomic E-state index is 12.4. The van der Waals surface area contributed by atoms with E-state index in [0.29, 0.717) is 13.0 Å². The van der Waals surface area contributed by atoms with Crippen LogP contribution in [-0.2, 0) is 9.53 Å². The molecule has 22 heavy (non-hydrogen) atoms. The molecule has 2 aliphatic rings. The molecule has 1 aromatic rings. The van der Waals surface area contributed by atoms with Crippen LogP contribution in [0.15, 0.2) is 24.3 Å². The minimum atomic E-state index is 0.177. The van der Waals surface area contributed by atoms with Crippen molar-refractivity contribution in [1.82, 2.24) is 10.2 Å². The van der Waals surface area contributed by atoms with E-state index in [2.05, 4.69) is 41.4 Å². The summed E-state index contributed by atoms with van der Waals surface area (Å²) in [5.74, 6) is 0.243. The van der Waals surface area contributed by atoms with E-state index in [1.54, 1.807) is 0 Å². The number of para-hydroxylation sites is 1. The van der Waals surface area contributed by atoms with Crippen molar-refractivity contribution in [3.63, 3.8) is 0 Å².